The topological polar surface area (TPSA) is 105 Å². The molecular formula is C18H18FN3O5S. The second kappa shape index (κ2) is 7.55. The molecule has 0 unspecified atom stereocenters. The third-order valence-corrected chi connectivity index (χ3v) is 5.32. The van der Waals surface area contributed by atoms with Gasteiger partial charge in [0.25, 0.3) is 15.9 Å². The molecule has 3 rings (SSSR count). The van der Waals surface area contributed by atoms with Gasteiger partial charge in [-0.15, -0.1) is 4.40 Å². The highest BCUT2D eigenvalue weighted by atomic mass is 32.2. The Bertz CT molecular complexity index is 1030. The standard InChI is InChI=1S/C18H18FN3O5S/c1-11-5-6-13(10-15(11)19)20-17(23)12(2)27-18(24)14-4-3-7-22-8-9-28(25,26)21-16(14)22/h3-7,10,12H,8-9H2,1-2H3,(H,20,23)/t12-/m1/s1. The van der Waals surface area contributed by atoms with Crippen LogP contribution in [0.2, 0.25) is 0 Å². The number of hydrogen-bond acceptors (Lipinski definition) is 6. The summed E-state index contributed by atoms with van der Waals surface area (Å²) < 4.78 is 45.9. The molecule has 0 fully saturated rings. The molecule has 0 spiro atoms. The Morgan fingerprint density at radius 1 is 1.36 bits per heavy atom. The summed E-state index contributed by atoms with van der Waals surface area (Å²) >= 11 is 0. The lowest BCUT2D eigenvalue weighted by molar-refractivity contribution is -0.148. The summed E-state index contributed by atoms with van der Waals surface area (Å²) in [6.45, 7) is 3.11. The number of nitrogens with zero attached hydrogens (tertiary/aromatic N) is 2. The molecule has 1 amide bonds. The fourth-order valence-corrected chi connectivity index (χ4v) is 3.55. The number of allylic oxidation sites excluding steroid dienone is 2. The van der Waals surface area contributed by atoms with E-state index in [2.05, 4.69) is 9.71 Å². The number of ether oxygens (including phenoxy) is 1. The molecule has 2 aliphatic rings. The molecule has 8 nitrogen and oxygen atoms in total. The molecule has 148 valence electrons. The predicted molar refractivity (Wildman–Crippen MR) is 100 cm³/mol. The van der Waals surface area contributed by atoms with E-state index in [4.69, 9.17) is 4.74 Å². The minimum absolute atomic E-state index is 0.0352. The van der Waals surface area contributed by atoms with E-state index in [-0.39, 0.29) is 29.4 Å². The molecule has 2 aliphatic heterocycles. The second-order valence-corrected chi connectivity index (χ2v) is 8.07. The van der Waals surface area contributed by atoms with Crippen LogP contribution in [0, 0.1) is 12.7 Å². The lowest BCUT2D eigenvalue weighted by Crippen LogP contribution is -2.41. The van der Waals surface area contributed by atoms with Crippen molar-refractivity contribution in [1.82, 2.24) is 4.90 Å². The maximum Gasteiger partial charge on any atom is 0.342 e. The molecule has 0 radical (unpaired) electrons. The number of halogens is 1. The van der Waals surface area contributed by atoms with Crippen LogP contribution in [-0.4, -0.2) is 49.4 Å². The zero-order chi connectivity index (χ0) is 20.5. The quantitative estimate of drug-likeness (QED) is 0.759. The maximum absolute atomic E-state index is 13.6. The SMILES string of the molecule is Cc1ccc(NC(=O)[C@@H](C)OC(=O)C2=CC=CN3CCS(=O)(=O)N=C23)cc1F. The Balaban J connectivity index is 1.70. The van der Waals surface area contributed by atoms with E-state index in [9.17, 15) is 22.4 Å². The highest BCUT2D eigenvalue weighted by Crippen LogP contribution is 2.19. The summed E-state index contributed by atoms with van der Waals surface area (Å²) in [6.07, 6.45) is 3.34. The van der Waals surface area contributed by atoms with Crippen LogP contribution in [0.4, 0.5) is 10.1 Å². The van der Waals surface area contributed by atoms with Crippen LogP contribution >= 0.6 is 0 Å². The normalized spacial score (nSPS) is 18.5. The van der Waals surface area contributed by atoms with Gasteiger partial charge in [-0.05, 0) is 43.7 Å². The van der Waals surface area contributed by atoms with Gasteiger partial charge in [0.2, 0.25) is 0 Å². The van der Waals surface area contributed by atoms with Crippen LogP contribution in [-0.2, 0) is 24.3 Å². The Morgan fingerprint density at radius 3 is 2.82 bits per heavy atom. The van der Waals surface area contributed by atoms with E-state index in [1.807, 2.05) is 0 Å². The number of carbonyl (C=O) groups excluding carboxylic acids is 2. The fraction of sp³-hybridized carbons (Fsp3) is 0.278. The highest BCUT2D eigenvalue weighted by Gasteiger charge is 2.32. The van der Waals surface area contributed by atoms with E-state index >= 15 is 0 Å². The molecule has 1 aromatic carbocycles. The number of amides is 1. The number of carbonyl (C=O) groups is 2. The lowest BCUT2D eigenvalue weighted by Gasteiger charge is -2.28. The van der Waals surface area contributed by atoms with E-state index < -0.39 is 33.8 Å². The summed E-state index contributed by atoms with van der Waals surface area (Å²) in [7, 11) is -3.66. The number of sulfonamides is 1. The number of amidine groups is 1. The van der Waals surface area contributed by atoms with Gasteiger partial charge in [0.15, 0.2) is 11.9 Å². The van der Waals surface area contributed by atoms with Crippen LogP contribution in [0.25, 0.3) is 0 Å². The van der Waals surface area contributed by atoms with Crippen molar-refractivity contribution in [2.45, 2.75) is 20.0 Å². The van der Waals surface area contributed by atoms with Gasteiger partial charge < -0.3 is 15.0 Å². The molecular weight excluding hydrogens is 389 g/mol. The Hall–Kier alpha value is -3.01. The zero-order valence-electron chi connectivity index (χ0n) is 15.2. The average molecular weight is 407 g/mol. The van der Waals surface area contributed by atoms with E-state index in [0.29, 0.717) is 5.56 Å². The summed E-state index contributed by atoms with van der Waals surface area (Å²) in [5.41, 5.74) is 0.596. The summed E-state index contributed by atoms with van der Waals surface area (Å²) in [5.74, 6) is -2.21. The molecule has 10 heteroatoms. The number of aryl methyl sites for hydroxylation is 1. The van der Waals surface area contributed by atoms with Gasteiger partial charge in [0.1, 0.15) is 11.4 Å². The van der Waals surface area contributed by atoms with Gasteiger partial charge in [-0.1, -0.05) is 6.07 Å². The van der Waals surface area contributed by atoms with Crippen molar-refractivity contribution >= 4 is 33.4 Å². The predicted octanol–water partition coefficient (Wildman–Crippen LogP) is 1.50. The van der Waals surface area contributed by atoms with Crippen molar-refractivity contribution in [1.29, 1.82) is 0 Å². The Labute approximate surface area is 161 Å². The molecule has 0 saturated carbocycles. The number of rotatable bonds is 4. The van der Waals surface area contributed by atoms with Crippen molar-refractivity contribution in [2.24, 2.45) is 4.40 Å². The molecule has 2 heterocycles. The van der Waals surface area contributed by atoms with Crippen molar-refractivity contribution in [3.8, 4) is 0 Å². The van der Waals surface area contributed by atoms with E-state index in [1.165, 1.54) is 30.0 Å². The van der Waals surface area contributed by atoms with Crippen LogP contribution in [0.5, 0.6) is 0 Å². The molecule has 0 saturated heterocycles. The lowest BCUT2D eigenvalue weighted by atomic mass is 10.1. The smallest absolute Gasteiger partial charge is 0.342 e. The number of esters is 1. The molecule has 0 aromatic heterocycles. The van der Waals surface area contributed by atoms with Gasteiger partial charge in [-0.3, -0.25) is 4.79 Å². The number of anilines is 1. The minimum Gasteiger partial charge on any atom is -0.449 e. The van der Waals surface area contributed by atoms with Crippen molar-refractivity contribution in [3.05, 3.63) is 53.5 Å². The maximum atomic E-state index is 13.6. The molecule has 0 aliphatic carbocycles. The monoisotopic (exact) mass is 407 g/mol. The molecule has 1 atom stereocenters. The van der Waals surface area contributed by atoms with Gasteiger partial charge in [-0.2, -0.15) is 0 Å². The van der Waals surface area contributed by atoms with Gasteiger partial charge in [0.05, 0.1) is 5.75 Å². The largest absolute Gasteiger partial charge is 0.449 e. The minimum atomic E-state index is -3.66. The number of nitrogens with one attached hydrogen (secondary N) is 1. The van der Waals surface area contributed by atoms with Crippen LogP contribution < -0.4 is 5.32 Å². The van der Waals surface area contributed by atoms with Crippen LogP contribution in [0.3, 0.4) is 0 Å². The third kappa shape index (κ3) is 4.28. The summed E-state index contributed by atoms with van der Waals surface area (Å²) in [4.78, 5) is 26.2. The van der Waals surface area contributed by atoms with Crippen molar-refractivity contribution in [2.75, 3.05) is 17.6 Å². The first-order valence-electron chi connectivity index (χ1n) is 8.42. The summed E-state index contributed by atoms with van der Waals surface area (Å²) in [6, 6.07) is 4.20. The van der Waals surface area contributed by atoms with E-state index in [1.54, 1.807) is 19.2 Å². The Kier molecular flexibility index (Phi) is 5.32. The second-order valence-electron chi connectivity index (χ2n) is 6.32. The highest BCUT2D eigenvalue weighted by molar-refractivity contribution is 7.90. The third-order valence-electron chi connectivity index (χ3n) is 4.17. The van der Waals surface area contributed by atoms with Gasteiger partial charge in [-0.25, -0.2) is 17.6 Å². The zero-order valence-corrected chi connectivity index (χ0v) is 16.0. The molecule has 1 N–H and O–H groups in total. The average Bonchev–Trinajstić information content (AvgIpc) is 2.63. The number of fused-ring (bicyclic) bond motifs is 1. The van der Waals surface area contributed by atoms with Crippen molar-refractivity contribution in [3.63, 3.8) is 0 Å². The van der Waals surface area contributed by atoms with Gasteiger partial charge in [0, 0.05) is 18.4 Å². The van der Waals surface area contributed by atoms with Crippen LogP contribution in [0.15, 0.2) is 46.5 Å². The first-order chi connectivity index (χ1) is 13.2. The number of hydrogen-bond donors (Lipinski definition) is 1. The summed E-state index contributed by atoms with van der Waals surface area (Å²) in [5, 5.41) is 2.46. The van der Waals surface area contributed by atoms with Crippen molar-refractivity contribution < 1.29 is 27.1 Å². The Morgan fingerprint density at radius 2 is 2.11 bits per heavy atom. The fourth-order valence-electron chi connectivity index (χ4n) is 2.57. The number of benzene rings is 1. The van der Waals surface area contributed by atoms with E-state index in [0.717, 1.165) is 6.07 Å². The molecule has 28 heavy (non-hydrogen) atoms. The van der Waals surface area contributed by atoms with Crippen LogP contribution in [0.1, 0.15) is 12.5 Å². The van der Waals surface area contributed by atoms with Gasteiger partial charge >= 0.3 is 5.97 Å². The molecule has 0 bridgehead atoms. The first-order valence-corrected chi connectivity index (χ1v) is 10.0. The first kappa shape index (κ1) is 19.7. The molecule has 1 aromatic rings.